The van der Waals surface area contributed by atoms with Crippen molar-refractivity contribution in [1.29, 1.82) is 0 Å². The van der Waals surface area contributed by atoms with E-state index in [0.29, 0.717) is 5.92 Å². The fourth-order valence-electron chi connectivity index (χ4n) is 3.00. The van der Waals surface area contributed by atoms with Crippen molar-refractivity contribution >= 4 is 0 Å². The zero-order valence-corrected chi connectivity index (χ0v) is 12.3. The van der Waals surface area contributed by atoms with Crippen LogP contribution in [0.2, 0.25) is 0 Å². The summed E-state index contributed by atoms with van der Waals surface area (Å²) in [6.45, 7) is 11.0. The predicted molar refractivity (Wildman–Crippen MR) is 77.2 cm³/mol. The first-order valence-electron chi connectivity index (χ1n) is 7.41. The summed E-state index contributed by atoms with van der Waals surface area (Å²) in [5.41, 5.74) is 2.70. The first-order valence-corrected chi connectivity index (χ1v) is 7.41. The first kappa shape index (κ1) is 12.9. The highest BCUT2D eigenvalue weighted by atomic mass is 15.6. The van der Waals surface area contributed by atoms with E-state index < -0.39 is 0 Å². The predicted octanol–water partition coefficient (Wildman–Crippen LogP) is 0.536. The van der Waals surface area contributed by atoms with Crippen LogP contribution < -0.4 is 10.3 Å². The van der Waals surface area contributed by atoms with Crippen molar-refractivity contribution in [2.75, 3.05) is 44.8 Å². The summed E-state index contributed by atoms with van der Waals surface area (Å²) in [7, 11) is 2.20. The van der Waals surface area contributed by atoms with Gasteiger partial charge in [-0.1, -0.05) is 13.8 Å². The average Bonchev–Trinajstić information content (AvgIpc) is 2.79. The highest BCUT2D eigenvalue weighted by Gasteiger charge is 2.26. The molecule has 2 aliphatic heterocycles. The summed E-state index contributed by atoms with van der Waals surface area (Å²) in [5.74, 6) is 1.71. The van der Waals surface area contributed by atoms with Gasteiger partial charge in [-0.15, -0.1) is 0 Å². The third kappa shape index (κ3) is 2.37. The molecule has 0 spiro atoms. The Morgan fingerprint density at radius 1 is 1.16 bits per heavy atom. The van der Waals surface area contributed by atoms with Crippen LogP contribution in [0.3, 0.4) is 0 Å². The molecule has 19 heavy (non-hydrogen) atoms. The van der Waals surface area contributed by atoms with Gasteiger partial charge >= 0.3 is 0 Å². The summed E-state index contributed by atoms with van der Waals surface area (Å²) in [6, 6.07) is 0. The molecule has 1 aromatic rings. The molecule has 0 aromatic carbocycles. The molecular formula is C14H25N5. The van der Waals surface area contributed by atoms with Gasteiger partial charge in [-0.25, -0.2) is 9.66 Å². The Balaban J connectivity index is 1.96. The molecule has 106 valence electrons. The number of hydrogen-bond donors (Lipinski definition) is 1. The standard InChI is InChI=1S/C14H25N5/c1-11(2)14-16-12-10-15-5-4-13(12)19(14)18-8-6-17(3)7-9-18/h11,15H,4-10H2,1-3H3. The van der Waals surface area contributed by atoms with Crippen LogP contribution in [0, 0.1) is 0 Å². The van der Waals surface area contributed by atoms with E-state index in [2.05, 4.69) is 40.8 Å². The highest BCUT2D eigenvalue weighted by Crippen LogP contribution is 2.22. The molecule has 5 heteroatoms. The minimum atomic E-state index is 0.477. The smallest absolute Gasteiger partial charge is 0.130 e. The maximum absolute atomic E-state index is 4.89. The average molecular weight is 263 g/mol. The molecule has 1 fully saturated rings. The minimum Gasteiger partial charge on any atom is -0.311 e. The van der Waals surface area contributed by atoms with E-state index in [1.165, 1.54) is 17.2 Å². The molecule has 0 radical (unpaired) electrons. The lowest BCUT2D eigenvalue weighted by atomic mass is 10.2. The van der Waals surface area contributed by atoms with E-state index in [4.69, 9.17) is 4.98 Å². The molecule has 0 bridgehead atoms. The maximum atomic E-state index is 4.89. The normalized spacial score (nSPS) is 20.9. The third-order valence-corrected chi connectivity index (χ3v) is 4.17. The molecule has 0 atom stereocenters. The zero-order chi connectivity index (χ0) is 13.4. The molecule has 0 saturated carbocycles. The van der Waals surface area contributed by atoms with Crippen LogP contribution in [0.15, 0.2) is 0 Å². The van der Waals surface area contributed by atoms with Crippen LogP contribution in [-0.4, -0.2) is 54.3 Å². The number of piperazine rings is 1. The van der Waals surface area contributed by atoms with Gasteiger partial charge in [0, 0.05) is 51.6 Å². The molecule has 1 aromatic heterocycles. The maximum Gasteiger partial charge on any atom is 0.130 e. The van der Waals surface area contributed by atoms with Crippen LogP contribution in [0.25, 0.3) is 0 Å². The molecule has 0 amide bonds. The van der Waals surface area contributed by atoms with Crippen molar-refractivity contribution in [3.63, 3.8) is 0 Å². The van der Waals surface area contributed by atoms with Crippen molar-refractivity contribution < 1.29 is 0 Å². The monoisotopic (exact) mass is 263 g/mol. The lowest BCUT2D eigenvalue weighted by Gasteiger charge is -2.37. The number of aromatic nitrogens is 2. The van der Waals surface area contributed by atoms with Gasteiger partial charge in [0.25, 0.3) is 0 Å². The molecule has 3 rings (SSSR count). The molecule has 2 aliphatic rings. The van der Waals surface area contributed by atoms with Gasteiger partial charge in [0.15, 0.2) is 0 Å². The largest absolute Gasteiger partial charge is 0.311 e. The van der Waals surface area contributed by atoms with Gasteiger partial charge in [0.2, 0.25) is 0 Å². The van der Waals surface area contributed by atoms with E-state index in [-0.39, 0.29) is 0 Å². The quantitative estimate of drug-likeness (QED) is 0.845. The van der Waals surface area contributed by atoms with Crippen LogP contribution in [0.4, 0.5) is 0 Å². The fraction of sp³-hybridized carbons (Fsp3) is 0.786. The van der Waals surface area contributed by atoms with Crippen LogP contribution in [0.1, 0.15) is 37.0 Å². The van der Waals surface area contributed by atoms with E-state index in [0.717, 1.165) is 45.7 Å². The Morgan fingerprint density at radius 2 is 1.89 bits per heavy atom. The van der Waals surface area contributed by atoms with Crippen molar-refractivity contribution in [3.8, 4) is 0 Å². The Kier molecular flexibility index (Phi) is 3.50. The molecule has 1 saturated heterocycles. The second-order valence-corrected chi connectivity index (χ2v) is 6.01. The number of nitrogens with one attached hydrogen (secondary N) is 1. The van der Waals surface area contributed by atoms with Crippen molar-refractivity contribution in [1.82, 2.24) is 19.9 Å². The number of imidazole rings is 1. The van der Waals surface area contributed by atoms with E-state index >= 15 is 0 Å². The second-order valence-electron chi connectivity index (χ2n) is 6.01. The van der Waals surface area contributed by atoms with Crippen LogP contribution >= 0.6 is 0 Å². The summed E-state index contributed by atoms with van der Waals surface area (Å²) in [5, 5.41) is 5.92. The SMILES string of the molecule is CC(C)c1nc2c(n1N1CCN(C)CC1)CCNC2. The Morgan fingerprint density at radius 3 is 2.58 bits per heavy atom. The summed E-state index contributed by atoms with van der Waals surface area (Å²) >= 11 is 0. The Labute approximate surface area is 115 Å². The van der Waals surface area contributed by atoms with E-state index in [1.807, 2.05) is 0 Å². The minimum absolute atomic E-state index is 0.477. The van der Waals surface area contributed by atoms with Gasteiger partial charge in [-0.05, 0) is 7.05 Å². The summed E-state index contributed by atoms with van der Waals surface area (Å²) in [4.78, 5) is 7.29. The topological polar surface area (TPSA) is 36.3 Å². The van der Waals surface area contributed by atoms with Crippen LogP contribution in [-0.2, 0) is 13.0 Å². The Bertz CT molecular complexity index is 443. The molecule has 0 unspecified atom stereocenters. The number of rotatable bonds is 2. The first-order chi connectivity index (χ1) is 9.16. The number of fused-ring (bicyclic) bond motifs is 1. The zero-order valence-electron chi connectivity index (χ0n) is 12.3. The summed E-state index contributed by atoms with van der Waals surface area (Å²) in [6.07, 6.45) is 1.10. The fourth-order valence-corrected chi connectivity index (χ4v) is 3.00. The lowest BCUT2D eigenvalue weighted by molar-refractivity contribution is 0.283. The van der Waals surface area contributed by atoms with Gasteiger partial charge in [0.05, 0.1) is 11.4 Å². The van der Waals surface area contributed by atoms with Gasteiger partial charge in [0.1, 0.15) is 5.82 Å². The molecule has 0 aliphatic carbocycles. The van der Waals surface area contributed by atoms with Gasteiger partial charge in [-0.2, -0.15) is 0 Å². The number of hydrogen-bond acceptors (Lipinski definition) is 4. The second kappa shape index (κ2) is 5.13. The van der Waals surface area contributed by atoms with E-state index in [9.17, 15) is 0 Å². The number of likely N-dealkylation sites (N-methyl/N-ethyl adjacent to an activating group) is 1. The Hall–Kier alpha value is -1.07. The summed E-state index contributed by atoms with van der Waals surface area (Å²) < 4.78 is 2.44. The molecule has 3 heterocycles. The van der Waals surface area contributed by atoms with E-state index in [1.54, 1.807) is 0 Å². The number of nitrogens with zero attached hydrogens (tertiary/aromatic N) is 4. The molecular weight excluding hydrogens is 238 g/mol. The third-order valence-electron chi connectivity index (χ3n) is 4.17. The molecule has 5 nitrogen and oxygen atoms in total. The van der Waals surface area contributed by atoms with Crippen molar-refractivity contribution in [2.45, 2.75) is 32.7 Å². The van der Waals surface area contributed by atoms with Crippen molar-refractivity contribution in [2.24, 2.45) is 0 Å². The van der Waals surface area contributed by atoms with Gasteiger partial charge < -0.3 is 15.2 Å². The van der Waals surface area contributed by atoms with Crippen molar-refractivity contribution in [3.05, 3.63) is 17.2 Å². The van der Waals surface area contributed by atoms with Crippen LogP contribution in [0.5, 0.6) is 0 Å². The molecule has 1 N–H and O–H groups in total. The van der Waals surface area contributed by atoms with Gasteiger partial charge in [-0.3, -0.25) is 0 Å². The lowest BCUT2D eigenvalue weighted by Crippen LogP contribution is -2.51. The highest BCUT2D eigenvalue weighted by molar-refractivity contribution is 5.24.